The normalized spacial score (nSPS) is 11.9. The van der Waals surface area contributed by atoms with Crippen LogP contribution < -0.4 is 15.7 Å². The second kappa shape index (κ2) is 11.3. The molecule has 1 N–H and O–H groups in total. The molecule has 0 saturated heterocycles. The molecular formula is C30H41NOSi2. The molecule has 0 unspecified atom stereocenters. The molecule has 0 fully saturated rings. The highest BCUT2D eigenvalue weighted by Gasteiger charge is 2.23. The summed E-state index contributed by atoms with van der Waals surface area (Å²) in [4.78, 5) is 12.8. The van der Waals surface area contributed by atoms with Gasteiger partial charge in [-0.3, -0.25) is 4.79 Å². The third kappa shape index (κ3) is 6.58. The third-order valence-corrected chi connectivity index (χ3v) is 14.2. The van der Waals surface area contributed by atoms with Gasteiger partial charge >= 0.3 is 0 Å². The zero-order valence-corrected chi connectivity index (χ0v) is 23.9. The number of carbonyl (C=O) groups excluding carboxylic acids is 1. The van der Waals surface area contributed by atoms with Crippen molar-refractivity contribution in [1.29, 1.82) is 0 Å². The molecule has 0 atom stereocenters. The number of unbranched alkanes of at least 4 members (excludes halogenated alkanes) is 1. The minimum atomic E-state index is -1.40. The molecule has 0 aromatic heterocycles. The van der Waals surface area contributed by atoms with Gasteiger partial charge in [-0.15, -0.1) is 0 Å². The van der Waals surface area contributed by atoms with Gasteiger partial charge in [0, 0.05) is 11.3 Å². The molecule has 3 aromatic rings. The van der Waals surface area contributed by atoms with E-state index in [4.69, 9.17) is 0 Å². The number of amides is 1. The van der Waals surface area contributed by atoms with Gasteiger partial charge in [-0.05, 0) is 35.4 Å². The standard InChI is InChI=1S/C30H41NOSi2/c1-7-9-23-34(5,6)29-18-12-25(13-19-29)24-10-16-27(17-11-24)31-30(32)26-14-20-28(21-15-26)33(3,4)22-8-2/h10-21H,7-9,22-23H2,1-6H3,(H,31,32). The second-order valence-electron chi connectivity index (χ2n) is 10.8. The van der Waals surface area contributed by atoms with Crippen LogP contribution in [0, 0.1) is 0 Å². The maximum atomic E-state index is 12.8. The number of anilines is 1. The van der Waals surface area contributed by atoms with Crippen molar-refractivity contribution in [3.8, 4) is 11.1 Å². The molecule has 0 heterocycles. The Morgan fingerprint density at radius 1 is 0.647 bits per heavy atom. The maximum absolute atomic E-state index is 12.8. The van der Waals surface area contributed by atoms with Crippen molar-refractivity contribution in [3.63, 3.8) is 0 Å². The van der Waals surface area contributed by atoms with E-state index in [1.54, 1.807) is 0 Å². The molecule has 180 valence electrons. The first-order valence-electron chi connectivity index (χ1n) is 12.8. The number of hydrogen-bond acceptors (Lipinski definition) is 1. The average molecular weight is 488 g/mol. The fourth-order valence-electron chi connectivity index (χ4n) is 4.67. The van der Waals surface area contributed by atoms with Crippen molar-refractivity contribution < 1.29 is 4.79 Å². The molecular weight excluding hydrogens is 447 g/mol. The number of hydrogen-bond donors (Lipinski definition) is 1. The van der Waals surface area contributed by atoms with E-state index in [1.165, 1.54) is 52.9 Å². The molecule has 2 nitrogen and oxygen atoms in total. The Morgan fingerprint density at radius 2 is 1.12 bits per heavy atom. The highest BCUT2D eigenvalue weighted by atomic mass is 28.3. The molecule has 1 amide bonds. The lowest BCUT2D eigenvalue weighted by Gasteiger charge is -2.23. The summed E-state index contributed by atoms with van der Waals surface area (Å²) in [7, 11) is -2.75. The van der Waals surface area contributed by atoms with Crippen LogP contribution in [-0.2, 0) is 0 Å². The first kappa shape index (κ1) is 26.2. The molecule has 0 bridgehead atoms. The number of carbonyl (C=O) groups is 1. The molecule has 0 aliphatic carbocycles. The lowest BCUT2D eigenvalue weighted by molar-refractivity contribution is 0.102. The summed E-state index contributed by atoms with van der Waals surface area (Å²) in [6.07, 6.45) is 3.79. The van der Waals surface area contributed by atoms with Gasteiger partial charge in [0.1, 0.15) is 0 Å². The van der Waals surface area contributed by atoms with Crippen molar-refractivity contribution >= 4 is 38.1 Å². The first-order chi connectivity index (χ1) is 16.2. The average Bonchev–Trinajstić information content (AvgIpc) is 2.83. The Kier molecular flexibility index (Phi) is 8.72. The SMILES string of the molecule is CCCC[Si](C)(C)c1ccc(-c2ccc(NC(=O)c3ccc([Si](C)(C)CCC)cc3)cc2)cc1. The lowest BCUT2D eigenvalue weighted by Crippen LogP contribution is -2.40. The van der Waals surface area contributed by atoms with Gasteiger partial charge in [0.15, 0.2) is 0 Å². The summed E-state index contributed by atoms with van der Waals surface area (Å²) in [5.74, 6) is -0.0575. The van der Waals surface area contributed by atoms with E-state index in [-0.39, 0.29) is 5.91 Å². The quantitative estimate of drug-likeness (QED) is 0.292. The van der Waals surface area contributed by atoms with E-state index < -0.39 is 16.1 Å². The van der Waals surface area contributed by atoms with Crippen molar-refractivity contribution in [2.45, 2.75) is 71.4 Å². The fraction of sp³-hybridized carbons (Fsp3) is 0.367. The predicted octanol–water partition coefficient (Wildman–Crippen LogP) is 7.65. The Labute approximate surface area is 208 Å². The molecule has 0 aliphatic rings. The van der Waals surface area contributed by atoms with E-state index in [0.717, 1.165) is 5.69 Å². The first-order valence-corrected chi connectivity index (χ1v) is 19.2. The van der Waals surface area contributed by atoms with Gasteiger partial charge < -0.3 is 5.32 Å². The highest BCUT2D eigenvalue weighted by molar-refractivity contribution is 6.90. The third-order valence-electron chi connectivity index (χ3n) is 7.10. The van der Waals surface area contributed by atoms with E-state index >= 15 is 0 Å². The van der Waals surface area contributed by atoms with Gasteiger partial charge in [-0.25, -0.2) is 0 Å². The largest absolute Gasteiger partial charge is 0.322 e. The van der Waals surface area contributed by atoms with Crippen LogP contribution in [-0.4, -0.2) is 22.1 Å². The van der Waals surface area contributed by atoms with Crippen molar-refractivity contribution in [2.75, 3.05) is 5.32 Å². The second-order valence-corrected chi connectivity index (χ2v) is 20.5. The zero-order chi connectivity index (χ0) is 24.8. The summed E-state index contributed by atoms with van der Waals surface area (Å²) in [5, 5.41) is 5.99. The summed E-state index contributed by atoms with van der Waals surface area (Å²) in [6.45, 7) is 14.2. The van der Waals surface area contributed by atoms with Crippen LogP contribution in [0.15, 0.2) is 72.8 Å². The number of benzene rings is 3. The molecule has 3 rings (SSSR count). The van der Waals surface area contributed by atoms with Crippen LogP contribution in [0.5, 0.6) is 0 Å². The monoisotopic (exact) mass is 487 g/mol. The van der Waals surface area contributed by atoms with E-state index in [9.17, 15) is 4.79 Å². The minimum absolute atomic E-state index is 0.0575. The molecule has 0 aliphatic heterocycles. The Bertz CT molecular complexity index is 1070. The topological polar surface area (TPSA) is 29.1 Å². The predicted molar refractivity (Wildman–Crippen MR) is 155 cm³/mol. The zero-order valence-electron chi connectivity index (χ0n) is 21.9. The van der Waals surface area contributed by atoms with Gasteiger partial charge in [-0.2, -0.15) is 0 Å². The van der Waals surface area contributed by atoms with E-state index in [1.807, 2.05) is 24.3 Å². The van der Waals surface area contributed by atoms with Crippen molar-refractivity contribution in [1.82, 2.24) is 0 Å². The number of rotatable bonds is 10. The highest BCUT2D eigenvalue weighted by Crippen LogP contribution is 2.23. The molecule has 0 radical (unpaired) electrons. The molecule has 3 aromatic carbocycles. The maximum Gasteiger partial charge on any atom is 0.255 e. The minimum Gasteiger partial charge on any atom is -0.322 e. The van der Waals surface area contributed by atoms with E-state index in [0.29, 0.717) is 5.56 Å². The van der Waals surface area contributed by atoms with Crippen LogP contribution in [0.25, 0.3) is 11.1 Å². The molecule has 4 heteroatoms. The van der Waals surface area contributed by atoms with E-state index in [2.05, 4.69) is 93.9 Å². The molecule has 0 saturated carbocycles. The summed E-state index contributed by atoms with van der Waals surface area (Å²) >= 11 is 0. The number of nitrogens with one attached hydrogen (secondary N) is 1. The van der Waals surface area contributed by atoms with Crippen LogP contribution in [0.2, 0.25) is 38.3 Å². The summed E-state index contributed by atoms with van der Waals surface area (Å²) in [6, 6.07) is 28.1. The van der Waals surface area contributed by atoms with Gasteiger partial charge in [-0.1, -0.05) is 130 Å². The Balaban J connectivity index is 1.65. The molecule has 34 heavy (non-hydrogen) atoms. The van der Waals surface area contributed by atoms with Crippen LogP contribution >= 0.6 is 0 Å². The fourth-order valence-corrected chi connectivity index (χ4v) is 9.87. The summed E-state index contributed by atoms with van der Waals surface area (Å²) < 4.78 is 0. The lowest BCUT2D eigenvalue weighted by atomic mass is 10.1. The Morgan fingerprint density at radius 3 is 1.62 bits per heavy atom. The van der Waals surface area contributed by atoms with Crippen LogP contribution in [0.1, 0.15) is 43.5 Å². The summed E-state index contributed by atoms with van der Waals surface area (Å²) in [5.41, 5.74) is 3.92. The van der Waals surface area contributed by atoms with Crippen LogP contribution in [0.3, 0.4) is 0 Å². The Hall–Kier alpha value is -2.44. The van der Waals surface area contributed by atoms with Gasteiger partial charge in [0.25, 0.3) is 5.91 Å². The van der Waals surface area contributed by atoms with Gasteiger partial charge in [0.05, 0.1) is 16.1 Å². The smallest absolute Gasteiger partial charge is 0.255 e. The van der Waals surface area contributed by atoms with Crippen molar-refractivity contribution in [3.05, 3.63) is 78.4 Å². The van der Waals surface area contributed by atoms with Crippen molar-refractivity contribution in [2.24, 2.45) is 0 Å². The van der Waals surface area contributed by atoms with Crippen LogP contribution in [0.4, 0.5) is 5.69 Å². The molecule has 0 spiro atoms. The van der Waals surface area contributed by atoms with Gasteiger partial charge in [0.2, 0.25) is 0 Å².